The second kappa shape index (κ2) is 7.25. The fourth-order valence-electron chi connectivity index (χ4n) is 2.16. The Bertz CT molecular complexity index is 270. The molecule has 0 heterocycles. The molecule has 0 amide bonds. The molecule has 0 aromatic rings. The van der Waals surface area contributed by atoms with Gasteiger partial charge in [-0.2, -0.15) is 0 Å². The maximum absolute atomic E-state index is 11.7. The van der Waals surface area contributed by atoms with Crippen molar-refractivity contribution in [1.29, 1.82) is 0 Å². The number of hydrogen-bond donors (Lipinski definition) is 2. The Hall–Kier alpha value is -0.130. The van der Waals surface area contributed by atoms with Gasteiger partial charge in [-0.1, -0.05) is 32.1 Å². The zero-order valence-corrected chi connectivity index (χ0v) is 10.8. The number of nitrogens with two attached hydrogens (primary N) is 1. The molecule has 1 saturated carbocycles. The van der Waals surface area contributed by atoms with Crippen molar-refractivity contribution in [2.24, 2.45) is 5.73 Å². The summed E-state index contributed by atoms with van der Waals surface area (Å²) in [5, 5.41) is 0. The lowest BCUT2D eigenvalue weighted by molar-refractivity contribution is 0.426. The van der Waals surface area contributed by atoms with Gasteiger partial charge in [-0.05, 0) is 25.8 Å². The first-order chi connectivity index (χ1) is 7.64. The van der Waals surface area contributed by atoms with Crippen LogP contribution >= 0.6 is 0 Å². The predicted molar refractivity (Wildman–Crippen MR) is 66.7 cm³/mol. The number of sulfonamides is 1. The summed E-state index contributed by atoms with van der Waals surface area (Å²) in [5.74, 6) is 0.167. The Morgan fingerprint density at radius 3 is 2.19 bits per heavy atom. The molecule has 0 aromatic carbocycles. The highest BCUT2D eigenvalue weighted by molar-refractivity contribution is 7.89. The van der Waals surface area contributed by atoms with Crippen LogP contribution in [0.15, 0.2) is 0 Å². The van der Waals surface area contributed by atoms with Crippen molar-refractivity contribution in [3.8, 4) is 0 Å². The van der Waals surface area contributed by atoms with E-state index in [0.717, 1.165) is 25.7 Å². The van der Waals surface area contributed by atoms with Gasteiger partial charge in [-0.3, -0.25) is 0 Å². The lowest BCUT2D eigenvalue weighted by atomic mass is 9.97. The van der Waals surface area contributed by atoms with Crippen molar-refractivity contribution < 1.29 is 8.42 Å². The molecule has 1 aliphatic rings. The molecule has 1 rings (SSSR count). The molecule has 4 nitrogen and oxygen atoms in total. The van der Waals surface area contributed by atoms with E-state index in [9.17, 15) is 8.42 Å². The zero-order valence-electron chi connectivity index (χ0n) is 9.95. The summed E-state index contributed by atoms with van der Waals surface area (Å²) in [6, 6.07) is 0.156. The SMILES string of the molecule is NCCCS(=O)(=O)NC1CCCCCCC1. The lowest BCUT2D eigenvalue weighted by Gasteiger charge is -2.20. The molecule has 1 aliphatic carbocycles. The van der Waals surface area contributed by atoms with Gasteiger partial charge in [0, 0.05) is 6.04 Å². The first kappa shape index (κ1) is 13.9. The van der Waals surface area contributed by atoms with Gasteiger partial charge in [-0.25, -0.2) is 13.1 Å². The third-order valence-electron chi connectivity index (χ3n) is 3.07. The normalized spacial score (nSPS) is 20.3. The van der Waals surface area contributed by atoms with Gasteiger partial charge < -0.3 is 5.73 Å². The Labute approximate surface area is 99.0 Å². The van der Waals surface area contributed by atoms with Crippen LogP contribution in [0, 0.1) is 0 Å². The Kier molecular flexibility index (Phi) is 6.31. The molecule has 0 atom stereocenters. The van der Waals surface area contributed by atoms with Crippen LogP contribution in [-0.2, 0) is 10.0 Å². The molecule has 0 aromatic heterocycles. The summed E-state index contributed by atoms with van der Waals surface area (Å²) in [7, 11) is -3.10. The smallest absolute Gasteiger partial charge is 0.211 e. The highest BCUT2D eigenvalue weighted by atomic mass is 32.2. The molecule has 0 saturated heterocycles. The Morgan fingerprint density at radius 1 is 1.06 bits per heavy atom. The van der Waals surface area contributed by atoms with Crippen LogP contribution in [0.3, 0.4) is 0 Å². The summed E-state index contributed by atoms with van der Waals surface area (Å²) in [4.78, 5) is 0. The Balaban J connectivity index is 2.37. The van der Waals surface area contributed by atoms with Crippen LogP contribution in [0.4, 0.5) is 0 Å². The van der Waals surface area contributed by atoms with Gasteiger partial charge in [0.05, 0.1) is 5.75 Å². The summed E-state index contributed by atoms with van der Waals surface area (Å²) in [6.45, 7) is 0.436. The van der Waals surface area contributed by atoms with Gasteiger partial charge in [0.15, 0.2) is 0 Å². The van der Waals surface area contributed by atoms with Crippen molar-refractivity contribution in [2.45, 2.75) is 57.4 Å². The van der Waals surface area contributed by atoms with Gasteiger partial charge in [0.2, 0.25) is 10.0 Å². The van der Waals surface area contributed by atoms with Crippen molar-refractivity contribution in [3.63, 3.8) is 0 Å². The Morgan fingerprint density at radius 2 is 1.62 bits per heavy atom. The van der Waals surface area contributed by atoms with E-state index in [0.29, 0.717) is 13.0 Å². The van der Waals surface area contributed by atoms with Crippen LogP contribution in [-0.4, -0.2) is 26.8 Å². The van der Waals surface area contributed by atoms with E-state index < -0.39 is 10.0 Å². The maximum Gasteiger partial charge on any atom is 0.211 e. The molecule has 1 fully saturated rings. The second-order valence-electron chi connectivity index (χ2n) is 4.62. The van der Waals surface area contributed by atoms with Crippen LogP contribution < -0.4 is 10.5 Å². The lowest BCUT2D eigenvalue weighted by Crippen LogP contribution is -2.37. The van der Waals surface area contributed by atoms with Crippen LogP contribution in [0.2, 0.25) is 0 Å². The summed E-state index contributed by atoms with van der Waals surface area (Å²) >= 11 is 0. The zero-order chi connectivity index (χ0) is 11.9. The quantitative estimate of drug-likeness (QED) is 0.772. The number of nitrogens with one attached hydrogen (secondary N) is 1. The average Bonchev–Trinajstić information content (AvgIpc) is 2.19. The highest BCUT2D eigenvalue weighted by Gasteiger charge is 2.17. The molecule has 0 aliphatic heterocycles. The molecule has 0 unspecified atom stereocenters. The first-order valence-corrected chi connectivity index (χ1v) is 7.99. The van der Waals surface area contributed by atoms with Crippen LogP contribution in [0.1, 0.15) is 51.4 Å². The fraction of sp³-hybridized carbons (Fsp3) is 1.00. The molecular weight excluding hydrogens is 224 g/mol. The minimum Gasteiger partial charge on any atom is -0.330 e. The third-order valence-corrected chi connectivity index (χ3v) is 4.59. The molecule has 0 radical (unpaired) electrons. The summed E-state index contributed by atoms with van der Waals surface area (Å²) < 4.78 is 26.2. The highest BCUT2D eigenvalue weighted by Crippen LogP contribution is 2.17. The largest absolute Gasteiger partial charge is 0.330 e. The van der Waals surface area contributed by atoms with Gasteiger partial charge in [-0.15, -0.1) is 0 Å². The van der Waals surface area contributed by atoms with Gasteiger partial charge in [0.25, 0.3) is 0 Å². The molecule has 0 bridgehead atoms. The van der Waals surface area contributed by atoms with Crippen LogP contribution in [0.5, 0.6) is 0 Å². The van der Waals surface area contributed by atoms with E-state index in [1.165, 1.54) is 19.3 Å². The minimum atomic E-state index is -3.10. The summed E-state index contributed by atoms with van der Waals surface area (Å²) in [6.07, 6.45) is 8.58. The molecule has 3 N–H and O–H groups in total. The van der Waals surface area contributed by atoms with E-state index in [4.69, 9.17) is 5.73 Å². The standard InChI is InChI=1S/C11H24N2O2S/c12-9-6-10-16(14,15)13-11-7-4-2-1-3-5-8-11/h11,13H,1-10,12H2. The van der Waals surface area contributed by atoms with Crippen molar-refractivity contribution >= 4 is 10.0 Å². The molecule has 0 spiro atoms. The predicted octanol–water partition coefficient (Wildman–Crippen LogP) is 1.37. The molecular formula is C11H24N2O2S. The van der Waals surface area contributed by atoms with E-state index in [-0.39, 0.29) is 11.8 Å². The van der Waals surface area contributed by atoms with E-state index in [1.807, 2.05) is 0 Å². The van der Waals surface area contributed by atoms with Crippen LogP contribution in [0.25, 0.3) is 0 Å². The monoisotopic (exact) mass is 248 g/mol. The second-order valence-corrected chi connectivity index (χ2v) is 6.49. The maximum atomic E-state index is 11.7. The van der Waals surface area contributed by atoms with Crippen molar-refractivity contribution in [2.75, 3.05) is 12.3 Å². The van der Waals surface area contributed by atoms with Crippen molar-refractivity contribution in [3.05, 3.63) is 0 Å². The summed E-state index contributed by atoms with van der Waals surface area (Å²) in [5.41, 5.74) is 5.32. The van der Waals surface area contributed by atoms with E-state index >= 15 is 0 Å². The van der Waals surface area contributed by atoms with Gasteiger partial charge in [0.1, 0.15) is 0 Å². The first-order valence-electron chi connectivity index (χ1n) is 6.34. The number of rotatable bonds is 5. The minimum absolute atomic E-state index is 0.156. The fourth-order valence-corrected chi connectivity index (χ4v) is 3.57. The van der Waals surface area contributed by atoms with E-state index in [2.05, 4.69) is 4.72 Å². The topological polar surface area (TPSA) is 72.2 Å². The number of hydrogen-bond acceptors (Lipinski definition) is 3. The van der Waals surface area contributed by atoms with Crippen molar-refractivity contribution in [1.82, 2.24) is 4.72 Å². The molecule has 5 heteroatoms. The van der Waals surface area contributed by atoms with Gasteiger partial charge >= 0.3 is 0 Å². The molecule has 16 heavy (non-hydrogen) atoms. The molecule has 96 valence electrons. The average molecular weight is 248 g/mol. The van der Waals surface area contributed by atoms with E-state index in [1.54, 1.807) is 0 Å². The third kappa shape index (κ3) is 5.82.